The summed E-state index contributed by atoms with van der Waals surface area (Å²) >= 11 is 5.84. The average molecular weight is 377 g/mol. The second-order valence-electron chi connectivity index (χ2n) is 8.31. The number of nitrogens with zero attached hydrogens (tertiary/aromatic N) is 3. The molecule has 1 aliphatic carbocycles. The first-order valence-corrected chi connectivity index (χ1v) is 9.32. The van der Waals surface area contributed by atoms with Crippen molar-refractivity contribution in [1.82, 2.24) is 15.1 Å². The number of amides is 1. The van der Waals surface area contributed by atoms with Gasteiger partial charge in [0.1, 0.15) is 5.60 Å². The number of ether oxygens (including phenoxy) is 1. The Morgan fingerprint density at radius 2 is 2.00 bits per heavy atom. The number of rotatable bonds is 0. The summed E-state index contributed by atoms with van der Waals surface area (Å²) in [6, 6.07) is 1.64. The van der Waals surface area contributed by atoms with Crippen molar-refractivity contribution >= 4 is 23.5 Å². The third-order valence-electron chi connectivity index (χ3n) is 5.04. The topological polar surface area (TPSA) is 81.3 Å². The van der Waals surface area contributed by atoms with Crippen LogP contribution in [-0.2, 0) is 4.74 Å². The van der Waals surface area contributed by atoms with Gasteiger partial charge in [0.15, 0.2) is 11.0 Å². The van der Waals surface area contributed by atoms with Gasteiger partial charge in [-0.05, 0) is 57.9 Å². The summed E-state index contributed by atoms with van der Waals surface area (Å²) in [5.41, 5.74) is 6.27. The van der Waals surface area contributed by atoms with E-state index >= 15 is 0 Å². The quantitative estimate of drug-likeness (QED) is 0.701. The van der Waals surface area contributed by atoms with Gasteiger partial charge >= 0.3 is 6.09 Å². The number of hydrogen-bond donors (Lipinski definition) is 1. The first-order chi connectivity index (χ1) is 12.2. The van der Waals surface area contributed by atoms with E-state index in [1.807, 2.05) is 25.7 Å². The van der Waals surface area contributed by atoms with E-state index in [-0.39, 0.29) is 6.09 Å². The van der Waals surface area contributed by atoms with Crippen LogP contribution in [0, 0.1) is 23.2 Å². The van der Waals surface area contributed by atoms with Crippen molar-refractivity contribution in [3.05, 3.63) is 16.8 Å². The third kappa shape index (κ3) is 4.39. The molecule has 26 heavy (non-hydrogen) atoms. The minimum Gasteiger partial charge on any atom is -0.444 e. The maximum absolute atomic E-state index is 12.2. The molecule has 0 unspecified atom stereocenters. The van der Waals surface area contributed by atoms with Gasteiger partial charge in [0.05, 0.1) is 5.56 Å². The number of nitrogen functional groups attached to an aromatic ring is 1. The van der Waals surface area contributed by atoms with Crippen LogP contribution in [0.25, 0.3) is 0 Å². The van der Waals surface area contributed by atoms with Gasteiger partial charge < -0.3 is 15.4 Å². The SMILES string of the molecule is CC(C)(C)OC(=O)N1CCC2(CC1)CC(C#Cc1cc(Cl)nnc1N)C2. The van der Waals surface area contributed by atoms with E-state index in [1.165, 1.54) is 0 Å². The van der Waals surface area contributed by atoms with Crippen molar-refractivity contribution in [3.8, 4) is 11.8 Å². The summed E-state index contributed by atoms with van der Waals surface area (Å²) < 4.78 is 5.46. The number of hydrogen-bond acceptors (Lipinski definition) is 5. The summed E-state index contributed by atoms with van der Waals surface area (Å²) in [7, 11) is 0. The molecular formula is C19H25ClN4O2. The van der Waals surface area contributed by atoms with Gasteiger partial charge in [-0.2, -0.15) is 0 Å². The monoisotopic (exact) mass is 376 g/mol. The van der Waals surface area contributed by atoms with E-state index in [0.717, 1.165) is 38.8 Å². The highest BCUT2D eigenvalue weighted by Crippen LogP contribution is 2.52. The van der Waals surface area contributed by atoms with Crippen molar-refractivity contribution in [2.75, 3.05) is 18.8 Å². The maximum Gasteiger partial charge on any atom is 0.410 e. The van der Waals surface area contributed by atoms with Gasteiger partial charge in [0, 0.05) is 19.0 Å². The van der Waals surface area contributed by atoms with Crippen LogP contribution in [0.5, 0.6) is 0 Å². The Labute approximate surface area is 159 Å². The first-order valence-electron chi connectivity index (χ1n) is 8.94. The minimum absolute atomic E-state index is 0.208. The van der Waals surface area contributed by atoms with E-state index in [0.29, 0.717) is 27.9 Å². The summed E-state index contributed by atoms with van der Waals surface area (Å²) in [4.78, 5) is 14.0. The van der Waals surface area contributed by atoms with Crippen LogP contribution < -0.4 is 5.73 Å². The number of carbonyl (C=O) groups is 1. The predicted molar refractivity (Wildman–Crippen MR) is 101 cm³/mol. The molecule has 3 rings (SSSR count). The first kappa shape index (κ1) is 18.8. The third-order valence-corrected chi connectivity index (χ3v) is 5.22. The van der Waals surface area contributed by atoms with Crippen molar-refractivity contribution < 1.29 is 9.53 Å². The minimum atomic E-state index is -0.448. The fraction of sp³-hybridized carbons (Fsp3) is 0.632. The molecule has 6 nitrogen and oxygen atoms in total. The number of nitrogens with two attached hydrogens (primary N) is 1. The molecule has 1 saturated heterocycles. The number of aromatic nitrogens is 2. The standard InChI is InChI=1S/C19H25ClN4O2/c1-18(2,3)26-17(25)24-8-6-19(7-9-24)11-13(12-19)4-5-14-10-15(20)22-23-16(14)21/h10,13H,6-9,11-12H2,1-3H3,(H2,21,23). The molecule has 2 fully saturated rings. The summed E-state index contributed by atoms with van der Waals surface area (Å²) in [6.45, 7) is 7.19. The lowest BCUT2D eigenvalue weighted by Crippen LogP contribution is -2.49. The zero-order valence-electron chi connectivity index (χ0n) is 15.5. The van der Waals surface area contributed by atoms with Crippen LogP contribution in [0.15, 0.2) is 6.07 Å². The van der Waals surface area contributed by atoms with E-state index < -0.39 is 5.60 Å². The van der Waals surface area contributed by atoms with Crippen molar-refractivity contribution in [3.63, 3.8) is 0 Å². The van der Waals surface area contributed by atoms with Crippen LogP contribution in [0.2, 0.25) is 5.15 Å². The Kier molecular flexibility index (Phi) is 5.03. The molecule has 0 atom stereocenters. The normalized spacial score (nSPS) is 19.5. The van der Waals surface area contributed by atoms with Crippen LogP contribution >= 0.6 is 11.6 Å². The molecule has 140 valence electrons. The van der Waals surface area contributed by atoms with E-state index in [2.05, 4.69) is 22.0 Å². The molecule has 1 aromatic rings. The van der Waals surface area contributed by atoms with Gasteiger partial charge in [-0.25, -0.2) is 4.79 Å². The lowest BCUT2D eigenvalue weighted by molar-refractivity contribution is -0.0157. The Balaban J connectivity index is 1.51. The molecule has 1 aliphatic heterocycles. The Bertz CT molecular complexity index is 747. The highest BCUT2D eigenvalue weighted by molar-refractivity contribution is 6.29. The largest absolute Gasteiger partial charge is 0.444 e. The van der Waals surface area contributed by atoms with Gasteiger partial charge in [-0.3, -0.25) is 0 Å². The summed E-state index contributed by atoms with van der Waals surface area (Å²) in [5.74, 6) is 7.03. The summed E-state index contributed by atoms with van der Waals surface area (Å²) in [5, 5.41) is 7.76. The molecule has 0 bridgehead atoms. The molecule has 2 aliphatic rings. The van der Waals surface area contributed by atoms with E-state index in [1.54, 1.807) is 6.07 Å². The fourth-order valence-electron chi connectivity index (χ4n) is 3.64. The second-order valence-corrected chi connectivity index (χ2v) is 8.70. The number of halogens is 1. The van der Waals surface area contributed by atoms with Gasteiger partial charge in [0.25, 0.3) is 0 Å². The predicted octanol–water partition coefficient (Wildman–Crippen LogP) is 3.49. The van der Waals surface area contributed by atoms with Crippen LogP contribution in [0.4, 0.5) is 10.6 Å². The zero-order valence-corrected chi connectivity index (χ0v) is 16.3. The maximum atomic E-state index is 12.2. The lowest BCUT2D eigenvalue weighted by Gasteiger charge is -2.50. The highest BCUT2D eigenvalue weighted by Gasteiger charge is 2.46. The van der Waals surface area contributed by atoms with Crippen molar-refractivity contribution in [2.24, 2.45) is 11.3 Å². The summed E-state index contributed by atoms with van der Waals surface area (Å²) in [6.07, 6.45) is 3.94. The molecular weight excluding hydrogens is 352 g/mol. The highest BCUT2D eigenvalue weighted by atomic mass is 35.5. The lowest BCUT2D eigenvalue weighted by atomic mass is 9.58. The van der Waals surface area contributed by atoms with Crippen LogP contribution in [-0.4, -0.2) is 39.9 Å². The van der Waals surface area contributed by atoms with Crippen LogP contribution in [0.1, 0.15) is 52.0 Å². The molecule has 7 heteroatoms. The number of likely N-dealkylation sites (tertiary alicyclic amines) is 1. The van der Waals surface area contributed by atoms with E-state index in [9.17, 15) is 4.79 Å². The van der Waals surface area contributed by atoms with Crippen LogP contribution in [0.3, 0.4) is 0 Å². The average Bonchev–Trinajstić information content (AvgIpc) is 2.52. The molecule has 1 saturated carbocycles. The second kappa shape index (κ2) is 6.96. The van der Waals surface area contributed by atoms with E-state index in [4.69, 9.17) is 22.1 Å². The fourth-order valence-corrected chi connectivity index (χ4v) is 3.79. The van der Waals surface area contributed by atoms with Gasteiger partial charge in [0.2, 0.25) is 0 Å². The number of anilines is 1. The van der Waals surface area contributed by atoms with Crippen molar-refractivity contribution in [1.29, 1.82) is 0 Å². The number of piperidine rings is 1. The zero-order chi connectivity index (χ0) is 18.9. The Morgan fingerprint density at radius 3 is 2.62 bits per heavy atom. The molecule has 1 amide bonds. The van der Waals surface area contributed by atoms with Gasteiger partial charge in [-0.15, -0.1) is 10.2 Å². The molecule has 2 heterocycles. The molecule has 2 N–H and O–H groups in total. The number of carbonyl (C=O) groups excluding carboxylic acids is 1. The Hall–Kier alpha value is -2.00. The smallest absolute Gasteiger partial charge is 0.410 e. The Morgan fingerprint density at radius 1 is 1.35 bits per heavy atom. The molecule has 1 aromatic heterocycles. The van der Waals surface area contributed by atoms with Crippen molar-refractivity contribution in [2.45, 2.75) is 52.1 Å². The molecule has 0 radical (unpaired) electrons. The molecule has 1 spiro atoms. The van der Waals surface area contributed by atoms with Gasteiger partial charge in [-0.1, -0.05) is 23.4 Å². The molecule has 0 aromatic carbocycles.